The Morgan fingerprint density at radius 2 is 1.41 bits per heavy atom. The molecule has 0 heterocycles. The highest BCUT2D eigenvalue weighted by Gasteiger charge is 2.51. The number of aliphatic hydroxyl groups excluding tert-OH is 1. The Morgan fingerprint density at radius 3 is 1.90 bits per heavy atom. The third kappa shape index (κ3) is 4.65. The number of esters is 2. The molecule has 4 aliphatic rings. The molecule has 4 aliphatic carbocycles. The fraction of sp³-hybridized carbons (Fsp3) is 0.917. The first-order valence-electron chi connectivity index (χ1n) is 11.6. The summed E-state index contributed by atoms with van der Waals surface area (Å²) in [6, 6.07) is 0. The van der Waals surface area contributed by atoms with E-state index >= 15 is 0 Å². The van der Waals surface area contributed by atoms with Gasteiger partial charge >= 0.3 is 11.9 Å². The molecule has 4 saturated carbocycles. The van der Waals surface area contributed by atoms with Gasteiger partial charge in [-0.15, -0.1) is 0 Å². The fourth-order valence-corrected chi connectivity index (χ4v) is 6.98. The summed E-state index contributed by atoms with van der Waals surface area (Å²) in [5.41, 5.74) is 0. The van der Waals surface area contributed by atoms with Crippen molar-refractivity contribution in [2.45, 2.75) is 60.3 Å². The van der Waals surface area contributed by atoms with E-state index in [0.29, 0.717) is 24.4 Å². The van der Waals surface area contributed by atoms with Gasteiger partial charge in [0.15, 0.2) is 0 Å². The first kappa shape index (κ1) is 22.6. The largest absolute Gasteiger partial charge is 0.466 e. The molecular formula is C24H40O5. The maximum atomic E-state index is 11.7. The van der Waals surface area contributed by atoms with E-state index in [1.807, 2.05) is 0 Å². The standard InChI is InChI=1S/C12H20O3.C12H20O2/c1-7-8(2)10-5-9(7)6-11(10)12(14)15-4-3-13;1-7-8(2)12-5-10(7)4-11(12)6-14-9(3)13/h7-11,13H,3-6H2,1-2H3;7-8,10-12H,4-6H2,1-3H3. The van der Waals surface area contributed by atoms with Crippen LogP contribution in [0.2, 0.25) is 0 Å². The lowest BCUT2D eigenvalue weighted by Crippen LogP contribution is -2.31. The number of hydrogen-bond acceptors (Lipinski definition) is 5. The van der Waals surface area contributed by atoms with E-state index in [9.17, 15) is 9.59 Å². The number of fused-ring (bicyclic) bond motifs is 4. The quantitative estimate of drug-likeness (QED) is 0.698. The Labute approximate surface area is 175 Å². The molecule has 0 aliphatic heterocycles. The summed E-state index contributed by atoms with van der Waals surface area (Å²) < 4.78 is 10.1. The normalized spacial score (nSPS) is 44.3. The van der Waals surface area contributed by atoms with Crippen molar-refractivity contribution >= 4 is 11.9 Å². The van der Waals surface area contributed by atoms with E-state index in [-0.39, 0.29) is 31.1 Å². The van der Waals surface area contributed by atoms with Crippen LogP contribution < -0.4 is 0 Å². The number of aliphatic hydroxyl groups is 1. The Hall–Kier alpha value is -1.10. The zero-order valence-corrected chi connectivity index (χ0v) is 18.8. The minimum Gasteiger partial charge on any atom is -0.466 e. The van der Waals surface area contributed by atoms with Crippen molar-refractivity contribution in [2.24, 2.45) is 59.2 Å². The van der Waals surface area contributed by atoms with E-state index in [1.54, 1.807) is 0 Å². The van der Waals surface area contributed by atoms with E-state index in [2.05, 4.69) is 27.7 Å². The van der Waals surface area contributed by atoms with Crippen LogP contribution >= 0.6 is 0 Å². The van der Waals surface area contributed by atoms with Crippen molar-refractivity contribution in [3.8, 4) is 0 Å². The van der Waals surface area contributed by atoms with Crippen LogP contribution in [-0.4, -0.2) is 36.9 Å². The third-order valence-electron chi connectivity index (χ3n) is 9.07. The summed E-state index contributed by atoms with van der Waals surface area (Å²) >= 11 is 0. The van der Waals surface area contributed by atoms with E-state index in [1.165, 1.54) is 26.2 Å². The molecule has 0 aromatic rings. The van der Waals surface area contributed by atoms with Gasteiger partial charge in [0.05, 0.1) is 19.1 Å². The predicted octanol–water partition coefficient (Wildman–Crippen LogP) is 3.93. The maximum Gasteiger partial charge on any atom is 0.309 e. The van der Waals surface area contributed by atoms with Crippen molar-refractivity contribution in [1.29, 1.82) is 0 Å². The summed E-state index contributed by atoms with van der Waals surface area (Å²) in [7, 11) is 0. The van der Waals surface area contributed by atoms with Gasteiger partial charge in [0, 0.05) is 6.92 Å². The Bertz CT molecular complexity index is 586. The predicted molar refractivity (Wildman–Crippen MR) is 111 cm³/mol. The first-order chi connectivity index (χ1) is 13.7. The molecule has 0 amide bonds. The van der Waals surface area contributed by atoms with Gasteiger partial charge in [-0.25, -0.2) is 0 Å². The summed E-state index contributed by atoms with van der Waals surface area (Å²) in [5.74, 6) is 6.61. The lowest BCUT2D eigenvalue weighted by atomic mass is 9.76. The third-order valence-corrected chi connectivity index (χ3v) is 9.07. The second-order valence-electron chi connectivity index (χ2n) is 10.3. The van der Waals surface area contributed by atoms with Crippen LogP contribution in [-0.2, 0) is 19.1 Å². The van der Waals surface area contributed by atoms with Crippen molar-refractivity contribution in [2.75, 3.05) is 19.8 Å². The van der Waals surface area contributed by atoms with Crippen LogP contribution in [0.15, 0.2) is 0 Å². The minimum absolute atomic E-state index is 0.0709. The fourth-order valence-electron chi connectivity index (χ4n) is 6.98. The molecule has 10 atom stereocenters. The Balaban J connectivity index is 0.000000166. The van der Waals surface area contributed by atoms with E-state index < -0.39 is 0 Å². The SMILES string of the molecule is CC(=O)OCC1CC2CC1C(C)C2C.CC1C2CC(C(=O)OCCO)C(C2)C1C. The molecule has 4 bridgehead atoms. The maximum absolute atomic E-state index is 11.7. The van der Waals surface area contributed by atoms with Crippen LogP contribution in [0.1, 0.15) is 60.3 Å². The van der Waals surface area contributed by atoms with Crippen LogP contribution in [0.5, 0.6) is 0 Å². The van der Waals surface area contributed by atoms with Crippen molar-refractivity contribution < 1.29 is 24.2 Å². The molecule has 4 fully saturated rings. The molecule has 0 spiro atoms. The summed E-state index contributed by atoms with van der Waals surface area (Å²) in [6.07, 6.45) is 4.85. The van der Waals surface area contributed by atoms with Crippen molar-refractivity contribution in [3.05, 3.63) is 0 Å². The van der Waals surface area contributed by atoms with E-state index in [4.69, 9.17) is 14.6 Å². The minimum atomic E-state index is -0.131. The van der Waals surface area contributed by atoms with Gasteiger partial charge in [0.25, 0.3) is 0 Å². The van der Waals surface area contributed by atoms with Gasteiger partial charge in [-0.1, -0.05) is 27.7 Å². The molecule has 29 heavy (non-hydrogen) atoms. The molecule has 5 heteroatoms. The van der Waals surface area contributed by atoms with Crippen molar-refractivity contribution in [3.63, 3.8) is 0 Å². The molecule has 0 saturated heterocycles. The zero-order chi connectivity index (χ0) is 21.3. The number of hydrogen-bond donors (Lipinski definition) is 1. The smallest absolute Gasteiger partial charge is 0.309 e. The highest BCUT2D eigenvalue weighted by molar-refractivity contribution is 5.73. The molecule has 0 aromatic heterocycles. The van der Waals surface area contributed by atoms with E-state index in [0.717, 1.165) is 41.9 Å². The molecule has 0 radical (unpaired) electrons. The van der Waals surface area contributed by atoms with Gasteiger partial charge in [-0.2, -0.15) is 0 Å². The summed E-state index contributed by atoms with van der Waals surface area (Å²) in [4.78, 5) is 22.4. The molecule has 166 valence electrons. The second-order valence-corrected chi connectivity index (χ2v) is 10.3. The molecule has 5 nitrogen and oxygen atoms in total. The Kier molecular flexibility index (Phi) is 7.29. The van der Waals surface area contributed by atoms with Crippen molar-refractivity contribution in [1.82, 2.24) is 0 Å². The monoisotopic (exact) mass is 408 g/mol. The molecule has 1 N–H and O–H groups in total. The number of carbonyl (C=O) groups excluding carboxylic acids is 2. The van der Waals surface area contributed by atoms with Gasteiger partial charge < -0.3 is 14.6 Å². The zero-order valence-electron chi connectivity index (χ0n) is 18.8. The molecule has 0 aromatic carbocycles. The average molecular weight is 409 g/mol. The molecule has 4 rings (SSSR count). The highest BCUT2D eigenvalue weighted by atomic mass is 16.5. The van der Waals surface area contributed by atoms with Gasteiger partial charge in [-0.3, -0.25) is 9.59 Å². The first-order valence-corrected chi connectivity index (χ1v) is 11.6. The molecular weight excluding hydrogens is 368 g/mol. The highest BCUT2D eigenvalue weighted by Crippen LogP contribution is 2.55. The second kappa shape index (κ2) is 9.36. The Morgan fingerprint density at radius 1 is 0.828 bits per heavy atom. The summed E-state index contributed by atoms with van der Waals surface area (Å²) in [6.45, 7) is 11.5. The number of carbonyl (C=O) groups is 2. The number of ether oxygens (including phenoxy) is 2. The van der Waals surface area contributed by atoms with Crippen LogP contribution in [0, 0.1) is 59.2 Å². The van der Waals surface area contributed by atoms with Crippen LogP contribution in [0.4, 0.5) is 0 Å². The molecule has 10 unspecified atom stereocenters. The van der Waals surface area contributed by atoms with Gasteiger partial charge in [0.1, 0.15) is 6.61 Å². The average Bonchev–Trinajstić information content (AvgIpc) is 3.43. The van der Waals surface area contributed by atoms with Gasteiger partial charge in [-0.05, 0) is 78.9 Å². The van der Waals surface area contributed by atoms with Crippen LogP contribution in [0.3, 0.4) is 0 Å². The summed E-state index contributed by atoms with van der Waals surface area (Å²) in [5, 5.41) is 8.61. The number of rotatable bonds is 5. The lowest BCUT2D eigenvalue weighted by Gasteiger charge is -2.31. The van der Waals surface area contributed by atoms with Gasteiger partial charge in [0.2, 0.25) is 0 Å². The lowest BCUT2D eigenvalue weighted by molar-refractivity contribution is -0.152. The topological polar surface area (TPSA) is 72.8 Å². The van der Waals surface area contributed by atoms with Crippen LogP contribution in [0.25, 0.3) is 0 Å².